The predicted octanol–water partition coefficient (Wildman–Crippen LogP) is 2.33. The summed E-state index contributed by atoms with van der Waals surface area (Å²) in [4.78, 5) is 92.3. The van der Waals surface area contributed by atoms with E-state index in [0.717, 1.165) is 0 Å². The summed E-state index contributed by atoms with van der Waals surface area (Å²) >= 11 is 0. The van der Waals surface area contributed by atoms with E-state index in [1.165, 1.54) is 12.2 Å². The minimum Gasteiger partial charge on any atom is -0.390 e. The van der Waals surface area contributed by atoms with Gasteiger partial charge in [0.05, 0.1) is 55.3 Å². The van der Waals surface area contributed by atoms with Gasteiger partial charge in [-0.25, -0.2) is 19.6 Å². The SMILES string of the molecule is COC(C)CCOC(C)CC(=O)N[C@@H](CCC(=O)NCC(=O)N/N=C1\C=C[C@@]2(C)C(=C1)CC[C@H]1[C@@H]3C[C@@H](C)[C@](O)(C(=O)CO)[C@@]3(C)C[C@H](O)[C@@]12F)C(=O)NCC(=O)N/N=C1\C=C[C@@]2(C)C(=C1)CC[C@H]1[C@@H]3C[C@@H](C)[C@](O)(C(=O)CO)[C@@]3(C)C[C@H](O)[C@@]12F. The minimum absolute atomic E-state index is 0.0804. The van der Waals surface area contributed by atoms with Gasteiger partial charge in [0.25, 0.3) is 11.8 Å². The van der Waals surface area contributed by atoms with Crippen LogP contribution in [0.3, 0.4) is 0 Å². The average Bonchev–Trinajstić information content (AvgIpc) is 1.44. The number of ether oxygens (including phenoxy) is 2. The average molecular weight is 1210 g/mol. The van der Waals surface area contributed by atoms with Crippen molar-refractivity contribution >= 4 is 52.5 Å². The van der Waals surface area contributed by atoms with Crippen molar-refractivity contribution < 1.29 is 82.5 Å². The molecule has 8 rings (SSSR count). The normalized spacial score (nSPS) is 40.2. The van der Waals surface area contributed by atoms with Gasteiger partial charge in [0.15, 0.2) is 22.9 Å². The Morgan fingerprint density at radius 1 is 0.663 bits per heavy atom. The fraction of sp³-hybridized carbons (Fsp3) is 0.726. The van der Waals surface area contributed by atoms with Crippen LogP contribution < -0.4 is 26.8 Å². The zero-order valence-electron chi connectivity index (χ0n) is 50.8. The van der Waals surface area contributed by atoms with Gasteiger partial charge in [0.1, 0.15) is 30.5 Å². The Balaban J connectivity index is 0.850. The van der Waals surface area contributed by atoms with Crippen molar-refractivity contribution in [2.24, 2.45) is 67.4 Å². The third kappa shape index (κ3) is 11.0. The highest BCUT2D eigenvalue weighted by atomic mass is 19.1. The molecule has 0 saturated heterocycles. The molecule has 0 bridgehead atoms. The third-order valence-electron chi connectivity index (χ3n) is 22.2. The summed E-state index contributed by atoms with van der Waals surface area (Å²) in [6.45, 7) is 11.2. The van der Waals surface area contributed by atoms with E-state index in [4.69, 9.17) is 9.47 Å². The van der Waals surface area contributed by atoms with Gasteiger partial charge in [0.2, 0.25) is 17.7 Å². The second kappa shape index (κ2) is 24.8. The molecular formula is C62H89F2N7O15. The number of rotatable bonds is 22. The van der Waals surface area contributed by atoms with Crippen molar-refractivity contribution in [1.29, 1.82) is 0 Å². The van der Waals surface area contributed by atoms with Crippen molar-refractivity contribution in [3.05, 3.63) is 47.6 Å². The highest BCUT2D eigenvalue weighted by Crippen LogP contribution is 2.72. The molecule has 0 heterocycles. The molecule has 0 aromatic heterocycles. The van der Waals surface area contributed by atoms with Crippen LogP contribution in [-0.4, -0.2) is 176 Å². The number of fused-ring (bicyclic) bond motifs is 10. The van der Waals surface area contributed by atoms with Crippen molar-refractivity contribution in [3.63, 3.8) is 0 Å². The summed E-state index contributed by atoms with van der Waals surface area (Å²) in [5.74, 6) is -8.56. The first-order valence-corrected chi connectivity index (χ1v) is 30.3. The molecule has 2 unspecified atom stereocenters. The Hall–Kier alpha value is -5.47. The fourth-order valence-electron chi connectivity index (χ4n) is 17.2. The number of ketones is 2. The quantitative estimate of drug-likeness (QED) is 0.0693. The number of carbonyl (C=O) groups is 7. The summed E-state index contributed by atoms with van der Waals surface area (Å²) < 4.78 is 46.8. The van der Waals surface area contributed by atoms with Crippen LogP contribution in [-0.2, 0) is 43.0 Å². The van der Waals surface area contributed by atoms with Gasteiger partial charge in [-0.1, -0.05) is 51.0 Å². The smallest absolute Gasteiger partial charge is 0.259 e. The number of aliphatic hydroxyl groups excluding tert-OH is 4. The number of methoxy groups -OCH3 is 1. The lowest BCUT2D eigenvalue weighted by atomic mass is 9.44. The van der Waals surface area contributed by atoms with Crippen LogP contribution in [0.1, 0.15) is 132 Å². The lowest BCUT2D eigenvalue weighted by molar-refractivity contribution is -0.219. The molecule has 0 aromatic carbocycles. The molecule has 6 saturated carbocycles. The van der Waals surface area contributed by atoms with Gasteiger partial charge in [-0.2, -0.15) is 10.2 Å². The molecule has 476 valence electrons. The number of nitrogens with one attached hydrogen (secondary N) is 5. The second-order valence-electron chi connectivity index (χ2n) is 26.7. The maximum Gasteiger partial charge on any atom is 0.259 e. The lowest BCUT2D eigenvalue weighted by Gasteiger charge is -2.62. The molecule has 24 heteroatoms. The third-order valence-corrected chi connectivity index (χ3v) is 22.2. The number of amides is 5. The van der Waals surface area contributed by atoms with Crippen LogP contribution in [0.25, 0.3) is 0 Å². The first-order valence-electron chi connectivity index (χ1n) is 30.3. The van der Waals surface area contributed by atoms with Gasteiger partial charge < -0.3 is 56.1 Å². The highest BCUT2D eigenvalue weighted by Gasteiger charge is 2.77. The van der Waals surface area contributed by atoms with E-state index >= 15 is 8.78 Å². The lowest BCUT2D eigenvalue weighted by Crippen LogP contribution is -2.69. The molecule has 0 aromatic rings. The molecule has 11 N–H and O–H groups in total. The monoisotopic (exact) mass is 1210 g/mol. The van der Waals surface area contributed by atoms with Crippen LogP contribution in [0.2, 0.25) is 0 Å². The van der Waals surface area contributed by atoms with Crippen LogP contribution in [0, 0.1) is 57.2 Å². The van der Waals surface area contributed by atoms with Gasteiger partial charge in [-0.3, -0.25) is 33.6 Å². The number of nitrogens with zero attached hydrogens (tertiary/aromatic N) is 2. The predicted molar refractivity (Wildman–Crippen MR) is 309 cm³/mol. The van der Waals surface area contributed by atoms with E-state index in [0.29, 0.717) is 62.7 Å². The Labute approximate surface area is 500 Å². The summed E-state index contributed by atoms with van der Waals surface area (Å²) in [5, 5.41) is 82.5. The molecule has 0 radical (unpaired) electrons. The van der Waals surface area contributed by atoms with Crippen LogP contribution in [0.15, 0.2) is 57.8 Å². The van der Waals surface area contributed by atoms with E-state index in [-0.39, 0.29) is 49.6 Å². The van der Waals surface area contributed by atoms with Crippen LogP contribution in [0.5, 0.6) is 0 Å². The van der Waals surface area contributed by atoms with E-state index in [9.17, 15) is 64.2 Å². The molecule has 8 aliphatic rings. The molecule has 22 nitrogen and oxygen atoms in total. The standard InChI is InChI=1S/C62H89F2N7O15/c1-33-22-43-41-12-10-37-25-39(16-19-55(37,5)59(41,63)46(74)27-57(43,7)61(33,83)48(76)31-72)68-70-52(80)29-65-50(78)15-14-45(67-51(79)24-36(4)86-21-18-35(3)85-9)54(82)66-30-53(81)71-69-40-17-20-56(6)38(26-40)11-13-42-44-23-34(2)62(84,49(77)32-73)58(44,8)28-47(75)60(42,56)64/h16-17,19-20,25-26,33-36,41-47,72-75,83-84H,10-15,18,21-24,27-32H2,1-9H3,(H,65,78)(H,66,82)(H,67,79)(H,70,80)(H,71,81)/b68-39+,69-40+/t33-,34-,35?,36?,41+,42+,43+,44+,45+,46+,47+,55+,56+,57+,58+,59+,60+,61+,62+/m1/s1. The van der Waals surface area contributed by atoms with Gasteiger partial charge in [-0.15, -0.1) is 0 Å². The molecule has 86 heavy (non-hydrogen) atoms. The molecule has 0 spiro atoms. The Morgan fingerprint density at radius 2 is 1.12 bits per heavy atom. The number of hydrazone groups is 2. The zero-order valence-corrected chi connectivity index (χ0v) is 50.8. The van der Waals surface area contributed by atoms with Crippen molar-refractivity contribution in [2.75, 3.05) is 40.0 Å². The summed E-state index contributed by atoms with van der Waals surface area (Å²) in [7, 11) is 1.57. The topological polar surface area (TPSA) is 344 Å². The maximum absolute atomic E-state index is 17.9. The first-order chi connectivity index (χ1) is 40.3. The largest absolute Gasteiger partial charge is 0.390 e. The Bertz CT molecular complexity index is 2900. The number of hydrogen-bond donors (Lipinski definition) is 11. The highest BCUT2D eigenvalue weighted by molar-refractivity contribution is 6.07. The van der Waals surface area contributed by atoms with E-state index < -0.39 is 171 Å². The Morgan fingerprint density at radius 3 is 1.56 bits per heavy atom. The summed E-state index contributed by atoms with van der Waals surface area (Å²) in [5.41, 5.74) is -6.65. The summed E-state index contributed by atoms with van der Waals surface area (Å²) in [6.07, 6.45) is 7.21. The van der Waals surface area contributed by atoms with Crippen LogP contribution >= 0.6 is 0 Å². The zero-order chi connectivity index (χ0) is 63.3. The van der Waals surface area contributed by atoms with E-state index in [1.807, 2.05) is 6.92 Å². The second-order valence-corrected chi connectivity index (χ2v) is 26.7. The molecule has 8 aliphatic carbocycles. The molecular weight excluding hydrogens is 1120 g/mol. The number of allylic oxidation sites excluding steroid dienone is 8. The maximum atomic E-state index is 17.9. The van der Waals surface area contributed by atoms with Gasteiger partial charge >= 0.3 is 0 Å². The summed E-state index contributed by atoms with van der Waals surface area (Å²) in [6, 6.07) is -1.33. The van der Waals surface area contributed by atoms with Crippen LogP contribution in [0.4, 0.5) is 8.78 Å². The number of aliphatic hydroxyl groups is 6. The number of Topliss-reactive ketones (excluding diaryl/α,β-unsaturated/α-hetero) is 2. The number of carbonyl (C=O) groups excluding carboxylic acids is 7. The van der Waals surface area contributed by atoms with E-state index in [1.54, 1.807) is 79.9 Å². The minimum atomic E-state index is -2.19. The molecule has 19 atom stereocenters. The van der Waals surface area contributed by atoms with E-state index in [2.05, 4.69) is 37.0 Å². The molecule has 0 aliphatic heterocycles. The molecule has 5 amide bonds. The van der Waals surface area contributed by atoms with Crippen molar-refractivity contribution in [1.82, 2.24) is 26.8 Å². The Kier molecular flexibility index (Phi) is 19.2. The van der Waals surface area contributed by atoms with Crippen molar-refractivity contribution in [2.45, 2.75) is 185 Å². The first kappa shape index (κ1) is 66.5. The number of halogens is 2. The van der Waals surface area contributed by atoms with Gasteiger partial charge in [-0.05, 0) is 140 Å². The number of alkyl halides is 2. The molecule has 6 fully saturated rings. The fourth-order valence-corrected chi connectivity index (χ4v) is 17.2. The van der Waals surface area contributed by atoms with Crippen molar-refractivity contribution in [3.8, 4) is 0 Å². The number of hydrogen-bond acceptors (Lipinski definition) is 17. The van der Waals surface area contributed by atoms with Gasteiger partial charge in [0, 0.05) is 53.6 Å².